The summed E-state index contributed by atoms with van der Waals surface area (Å²) in [7, 11) is 0. The van der Waals surface area contributed by atoms with Crippen LogP contribution in [0.1, 0.15) is 19.4 Å². The molecule has 1 fully saturated rings. The van der Waals surface area contributed by atoms with Crippen LogP contribution >= 0.6 is 0 Å². The van der Waals surface area contributed by atoms with Crippen LogP contribution in [0.15, 0.2) is 6.33 Å². The van der Waals surface area contributed by atoms with E-state index in [4.69, 9.17) is 4.74 Å². The zero-order valence-corrected chi connectivity index (χ0v) is 12.8. The monoisotopic (exact) mass is 293 g/mol. The first-order valence-electron chi connectivity index (χ1n) is 7.38. The van der Waals surface area contributed by atoms with Gasteiger partial charge in [-0.05, 0) is 20.8 Å². The number of rotatable bonds is 5. The van der Waals surface area contributed by atoms with Crippen molar-refractivity contribution < 1.29 is 9.53 Å². The van der Waals surface area contributed by atoms with E-state index in [0.717, 1.165) is 24.5 Å². The van der Waals surface area contributed by atoms with Gasteiger partial charge in [0.25, 0.3) is 0 Å². The van der Waals surface area contributed by atoms with Crippen molar-refractivity contribution >= 4 is 11.7 Å². The van der Waals surface area contributed by atoms with E-state index < -0.39 is 0 Å². The van der Waals surface area contributed by atoms with Gasteiger partial charge in [0, 0.05) is 26.2 Å². The third-order valence-electron chi connectivity index (χ3n) is 3.46. The Balaban J connectivity index is 2.29. The van der Waals surface area contributed by atoms with Crippen LogP contribution in [0.25, 0.3) is 0 Å². The number of aromatic nitrogens is 2. The SMILES string of the molecule is CCNC(=O)C1CNCCN1c1ncnc(OCC)c1C. The van der Waals surface area contributed by atoms with Crippen molar-refractivity contribution in [2.75, 3.05) is 37.7 Å². The molecular formula is C14H23N5O2. The summed E-state index contributed by atoms with van der Waals surface area (Å²) in [6, 6.07) is -0.262. The van der Waals surface area contributed by atoms with E-state index in [2.05, 4.69) is 20.6 Å². The molecule has 1 unspecified atom stereocenters. The number of nitrogens with one attached hydrogen (secondary N) is 2. The van der Waals surface area contributed by atoms with Crippen LogP contribution in [0.4, 0.5) is 5.82 Å². The van der Waals surface area contributed by atoms with Crippen molar-refractivity contribution in [3.63, 3.8) is 0 Å². The maximum absolute atomic E-state index is 12.2. The van der Waals surface area contributed by atoms with Gasteiger partial charge in [-0.25, -0.2) is 9.97 Å². The fourth-order valence-corrected chi connectivity index (χ4v) is 2.48. The third-order valence-corrected chi connectivity index (χ3v) is 3.46. The molecule has 0 radical (unpaired) electrons. The van der Waals surface area contributed by atoms with Gasteiger partial charge in [0.15, 0.2) is 0 Å². The first kappa shape index (κ1) is 15.5. The Hall–Kier alpha value is -1.89. The minimum Gasteiger partial charge on any atom is -0.478 e. The summed E-state index contributed by atoms with van der Waals surface area (Å²) in [4.78, 5) is 22.8. The molecule has 7 heteroatoms. The van der Waals surface area contributed by atoms with Gasteiger partial charge in [0.2, 0.25) is 11.8 Å². The number of piperazine rings is 1. The molecule has 1 amide bonds. The molecule has 0 aromatic carbocycles. The van der Waals surface area contributed by atoms with Crippen molar-refractivity contribution in [3.05, 3.63) is 11.9 Å². The van der Waals surface area contributed by atoms with Crippen molar-refractivity contribution in [1.29, 1.82) is 0 Å². The number of hydrogen-bond acceptors (Lipinski definition) is 6. The average Bonchev–Trinajstić information content (AvgIpc) is 2.50. The number of ether oxygens (including phenoxy) is 1. The Morgan fingerprint density at radius 3 is 3.05 bits per heavy atom. The van der Waals surface area contributed by atoms with Crippen molar-refractivity contribution in [1.82, 2.24) is 20.6 Å². The van der Waals surface area contributed by atoms with E-state index in [9.17, 15) is 4.79 Å². The molecule has 1 atom stereocenters. The Bertz CT molecular complexity index is 494. The molecule has 0 aliphatic carbocycles. The summed E-state index contributed by atoms with van der Waals surface area (Å²) in [5, 5.41) is 6.13. The lowest BCUT2D eigenvalue weighted by atomic mass is 10.1. The summed E-state index contributed by atoms with van der Waals surface area (Å²) < 4.78 is 5.52. The molecule has 0 bridgehead atoms. The topological polar surface area (TPSA) is 79.4 Å². The molecule has 2 rings (SSSR count). The van der Waals surface area contributed by atoms with Crippen LogP contribution in [-0.4, -0.2) is 54.7 Å². The Morgan fingerprint density at radius 1 is 1.52 bits per heavy atom. The molecule has 1 aromatic heterocycles. The predicted octanol–water partition coefficient (Wildman–Crippen LogP) is 0.0980. The second-order valence-electron chi connectivity index (χ2n) is 4.87. The van der Waals surface area contributed by atoms with E-state index in [-0.39, 0.29) is 11.9 Å². The number of amides is 1. The number of likely N-dealkylation sites (N-methyl/N-ethyl adjacent to an activating group) is 1. The highest BCUT2D eigenvalue weighted by molar-refractivity contribution is 5.85. The van der Waals surface area contributed by atoms with Crippen molar-refractivity contribution in [3.8, 4) is 5.88 Å². The highest BCUT2D eigenvalue weighted by atomic mass is 16.5. The maximum atomic E-state index is 12.2. The zero-order chi connectivity index (χ0) is 15.2. The van der Waals surface area contributed by atoms with Gasteiger partial charge >= 0.3 is 0 Å². The van der Waals surface area contributed by atoms with E-state index in [1.54, 1.807) is 0 Å². The molecule has 21 heavy (non-hydrogen) atoms. The molecule has 1 aromatic rings. The zero-order valence-electron chi connectivity index (χ0n) is 12.8. The summed E-state index contributed by atoms with van der Waals surface area (Å²) in [6.07, 6.45) is 1.49. The second kappa shape index (κ2) is 7.21. The van der Waals surface area contributed by atoms with Gasteiger partial charge in [-0.3, -0.25) is 4.79 Å². The third kappa shape index (κ3) is 3.41. The normalized spacial score (nSPS) is 18.4. The first-order chi connectivity index (χ1) is 10.2. The Kier molecular flexibility index (Phi) is 5.32. The second-order valence-corrected chi connectivity index (χ2v) is 4.87. The number of nitrogens with zero attached hydrogens (tertiary/aromatic N) is 3. The van der Waals surface area contributed by atoms with Gasteiger partial charge in [0.05, 0.1) is 12.2 Å². The Morgan fingerprint density at radius 2 is 2.33 bits per heavy atom. The number of carbonyl (C=O) groups excluding carboxylic acids is 1. The summed E-state index contributed by atoms with van der Waals surface area (Å²) in [6.45, 7) is 9.10. The highest BCUT2D eigenvalue weighted by Crippen LogP contribution is 2.26. The molecule has 1 saturated heterocycles. The van der Waals surface area contributed by atoms with Gasteiger partial charge in [-0.1, -0.05) is 0 Å². The minimum absolute atomic E-state index is 0.0145. The molecule has 2 heterocycles. The van der Waals surface area contributed by atoms with E-state index >= 15 is 0 Å². The molecule has 116 valence electrons. The molecular weight excluding hydrogens is 270 g/mol. The predicted molar refractivity (Wildman–Crippen MR) is 80.6 cm³/mol. The van der Waals surface area contributed by atoms with Crippen LogP contribution in [0.5, 0.6) is 5.88 Å². The largest absolute Gasteiger partial charge is 0.478 e. The quantitative estimate of drug-likeness (QED) is 0.801. The van der Waals surface area contributed by atoms with Gasteiger partial charge in [-0.2, -0.15) is 0 Å². The number of carbonyl (C=O) groups is 1. The maximum Gasteiger partial charge on any atom is 0.244 e. The first-order valence-corrected chi connectivity index (χ1v) is 7.38. The van der Waals surface area contributed by atoms with Crippen LogP contribution in [0, 0.1) is 6.92 Å². The molecule has 0 saturated carbocycles. The highest BCUT2D eigenvalue weighted by Gasteiger charge is 2.30. The van der Waals surface area contributed by atoms with E-state index in [0.29, 0.717) is 25.6 Å². The number of hydrogen-bond donors (Lipinski definition) is 2. The molecule has 0 spiro atoms. The minimum atomic E-state index is -0.262. The lowest BCUT2D eigenvalue weighted by molar-refractivity contribution is -0.122. The van der Waals surface area contributed by atoms with E-state index in [1.165, 1.54) is 6.33 Å². The van der Waals surface area contributed by atoms with Crippen LogP contribution in [0.3, 0.4) is 0 Å². The Labute approximate surface area is 125 Å². The smallest absolute Gasteiger partial charge is 0.244 e. The van der Waals surface area contributed by atoms with Gasteiger partial charge in [-0.15, -0.1) is 0 Å². The molecule has 2 N–H and O–H groups in total. The lowest BCUT2D eigenvalue weighted by Crippen LogP contribution is -2.58. The molecule has 1 aliphatic rings. The van der Waals surface area contributed by atoms with Crippen molar-refractivity contribution in [2.45, 2.75) is 26.8 Å². The summed E-state index contributed by atoms with van der Waals surface area (Å²) in [5.74, 6) is 1.36. The molecule has 1 aliphatic heterocycles. The van der Waals surface area contributed by atoms with Gasteiger partial charge in [0.1, 0.15) is 18.2 Å². The number of anilines is 1. The summed E-state index contributed by atoms with van der Waals surface area (Å²) >= 11 is 0. The average molecular weight is 293 g/mol. The van der Waals surface area contributed by atoms with E-state index in [1.807, 2.05) is 25.7 Å². The fourth-order valence-electron chi connectivity index (χ4n) is 2.48. The van der Waals surface area contributed by atoms with Crippen molar-refractivity contribution in [2.24, 2.45) is 0 Å². The van der Waals surface area contributed by atoms with Crippen LogP contribution < -0.4 is 20.3 Å². The standard InChI is InChI=1S/C14H23N5O2/c1-4-16-13(20)11-8-15-6-7-19(11)12-10(3)14(21-5-2)18-9-17-12/h9,11,15H,4-8H2,1-3H3,(H,16,20). The fraction of sp³-hybridized carbons (Fsp3) is 0.643. The lowest BCUT2D eigenvalue weighted by Gasteiger charge is -2.36. The summed E-state index contributed by atoms with van der Waals surface area (Å²) in [5.41, 5.74) is 0.871. The molecule has 7 nitrogen and oxygen atoms in total. The van der Waals surface area contributed by atoms with Gasteiger partial charge < -0.3 is 20.3 Å². The van der Waals surface area contributed by atoms with Crippen LogP contribution in [0.2, 0.25) is 0 Å². The van der Waals surface area contributed by atoms with Crippen LogP contribution in [-0.2, 0) is 4.79 Å².